The summed E-state index contributed by atoms with van der Waals surface area (Å²) in [5.41, 5.74) is 0.291. The Balaban J connectivity index is 2.62. The molecule has 0 aliphatic heterocycles. The van der Waals surface area contributed by atoms with E-state index < -0.39 is 24.6 Å². The van der Waals surface area contributed by atoms with Gasteiger partial charge >= 0.3 is 12.1 Å². The minimum absolute atomic E-state index is 0.291. The number of carboxylic acids is 1. The zero-order valence-electron chi connectivity index (χ0n) is 10.1. The lowest BCUT2D eigenvalue weighted by Crippen LogP contribution is -2.36. The number of aromatic nitrogens is 1. The van der Waals surface area contributed by atoms with Gasteiger partial charge in [0.25, 0.3) is 0 Å². The molecule has 0 saturated carbocycles. The van der Waals surface area contributed by atoms with Crippen LogP contribution in [0.25, 0.3) is 0 Å². The highest BCUT2D eigenvalue weighted by molar-refractivity contribution is 5.71. The van der Waals surface area contributed by atoms with Crippen LogP contribution in [0.15, 0.2) is 18.3 Å². The lowest BCUT2D eigenvalue weighted by Gasteiger charge is -2.17. The number of carboxylic acid groups (broad SMARTS) is 1. The molecular formula is C11H13F3N2O3. The molecule has 0 radical (unpaired) electrons. The van der Waals surface area contributed by atoms with E-state index in [1.54, 1.807) is 6.92 Å². The lowest BCUT2D eigenvalue weighted by molar-refractivity contribution is -0.190. The van der Waals surface area contributed by atoms with Gasteiger partial charge in [-0.25, -0.2) is 4.98 Å². The number of rotatable bonds is 6. The summed E-state index contributed by atoms with van der Waals surface area (Å²) in [5.74, 6) is -4.03. The van der Waals surface area contributed by atoms with Crippen LogP contribution in [0.3, 0.4) is 0 Å². The van der Waals surface area contributed by atoms with Crippen molar-refractivity contribution in [2.75, 3.05) is 18.5 Å². The third kappa shape index (κ3) is 4.65. The molecule has 1 heterocycles. The number of hydrogen-bond donors (Lipinski definition) is 2. The molecule has 1 aromatic heterocycles. The van der Waals surface area contributed by atoms with Crippen molar-refractivity contribution in [2.24, 2.45) is 5.92 Å². The number of ether oxygens (including phenoxy) is 1. The normalized spacial score (nSPS) is 12.8. The van der Waals surface area contributed by atoms with E-state index in [0.717, 1.165) is 0 Å². The van der Waals surface area contributed by atoms with Gasteiger partial charge in [-0.1, -0.05) is 0 Å². The first-order valence-corrected chi connectivity index (χ1v) is 5.46. The Morgan fingerprint density at radius 2 is 2.21 bits per heavy atom. The van der Waals surface area contributed by atoms with Crippen molar-refractivity contribution in [2.45, 2.75) is 13.1 Å². The molecule has 19 heavy (non-hydrogen) atoms. The highest BCUT2D eigenvalue weighted by Gasteiger charge is 2.44. The van der Waals surface area contributed by atoms with E-state index >= 15 is 0 Å². The predicted molar refractivity (Wildman–Crippen MR) is 61.1 cm³/mol. The van der Waals surface area contributed by atoms with E-state index in [9.17, 15) is 18.0 Å². The molecule has 106 valence electrons. The van der Waals surface area contributed by atoms with E-state index in [2.05, 4.69) is 10.3 Å². The number of pyridine rings is 1. The second kappa shape index (κ2) is 6.26. The summed E-state index contributed by atoms with van der Waals surface area (Å²) >= 11 is 0. The van der Waals surface area contributed by atoms with Crippen molar-refractivity contribution in [3.8, 4) is 5.88 Å². The Bertz CT molecular complexity index is 420. The molecule has 1 rings (SSSR count). The van der Waals surface area contributed by atoms with Gasteiger partial charge in [0.1, 0.15) is 0 Å². The fraction of sp³-hybridized carbons (Fsp3) is 0.455. The van der Waals surface area contributed by atoms with Gasteiger partial charge in [0.15, 0.2) is 5.92 Å². The number of halogens is 3. The standard InChI is InChI=1S/C11H13F3N2O3/c1-2-19-9-4-3-7(5-16-9)15-6-8(10(17)18)11(12,13)14/h3-5,8,15H,2,6H2,1H3,(H,17,18). The third-order valence-electron chi connectivity index (χ3n) is 2.23. The van der Waals surface area contributed by atoms with Gasteiger partial charge in [-0.05, 0) is 13.0 Å². The van der Waals surface area contributed by atoms with Crippen LogP contribution in [0.1, 0.15) is 6.92 Å². The van der Waals surface area contributed by atoms with E-state index in [1.807, 2.05) is 0 Å². The van der Waals surface area contributed by atoms with Crippen LogP contribution in [0, 0.1) is 5.92 Å². The van der Waals surface area contributed by atoms with Gasteiger partial charge in [0.05, 0.1) is 18.5 Å². The third-order valence-corrected chi connectivity index (χ3v) is 2.23. The summed E-state index contributed by atoms with van der Waals surface area (Å²) in [4.78, 5) is 14.4. The first-order valence-electron chi connectivity index (χ1n) is 5.46. The van der Waals surface area contributed by atoms with Crippen LogP contribution < -0.4 is 10.1 Å². The first kappa shape index (κ1) is 15.1. The summed E-state index contributed by atoms with van der Waals surface area (Å²) in [5, 5.41) is 10.9. The van der Waals surface area contributed by atoms with Crippen LogP contribution >= 0.6 is 0 Å². The van der Waals surface area contributed by atoms with Crippen LogP contribution in [0.4, 0.5) is 18.9 Å². The molecule has 8 heteroatoms. The maximum atomic E-state index is 12.4. The van der Waals surface area contributed by atoms with Crippen molar-refractivity contribution < 1.29 is 27.8 Å². The molecule has 0 aliphatic rings. The topological polar surface area (TPSA) is 71.5 Å². The van der Waals surface area contributed by atoms with Crippen molar-refractivity contribution in [1.29, 1.82) is 0 Å². The Morgan fingerprint density at radius 3 is 2.63 bits per heavy atom. The molecule has 1 aromatic rings. The average Bonchev–Trinajstić information content (AvgIpc) is 2.29. The molecule has 0 spiro atoms. The summed E-state index contributed by atoms with van der Waals surface area (Å²) in [6.07, 6.45) is -3.52. The van der Waals surface area contributed by atoms with Crippen LogP contribution in [-0.4, -0.2) is 35.4 Å². The molecule has 0 aromatic carbocycles. The highest BCUT2D eigenvalue weighted by atomic mass is 19.4. The second-order valence-corrected chi connectivity index (χ2v) is 3.63. The first-order chi connectivity index (χ1) is 8.84. The van der Waals surface area contributed by atoms with Gasteiger partial charge in [-0.2, -0.15) is 13.2 Å². The zero-order valence-corrected chi connectivity index (χ0v) is 10.1. The molecule has 5 nitrogen and oxygen atoms in total. The minimum atomic E-state index is -4.79. The quantitative estimate of drug-likeness (QED) is 0.834. The van der Waals surface area contributed by atoms with Gasteiger partial charge < -0.3 is 15.2 Å². The molecule has 2 N–H and O–H groups in total. The number of carbonyl (C=O) groups is 1. The van der Waals surface area contributed by atoms with E-state index in [-0.39, 0.29) is 0 Å². The van der Waals surface area contributed by atoms with Crippen molar-refractivity contribution in [3.63, 3.8) is 0 Å². The number of hydrogen-bond acceptors (Lipinski definition) is 4. The number of nitrogens with zero attached hydrogens (tertiary/aromatic N) is 1. The Morgan fingerprint density at radius 1 is 1.53 bits per heavy atom. The van der Waals surface area contributed by atoms with E-state index in [4.69, 9.17) is 9.84 Å². The Kier molecular flexibility index (Phi) is 4.96. The Labute approximate surface area is 107 Å². The van der Waals surface area contributed by atoms with Gasteiger partial charge in [0.2, 0.25) is 5.88 Å². The molecule has 0 bridgehead atoms. The van der Waals surface area contributed by atoms with E-state index in [0.29, 0.717) is 18.2 Å². The largest absolute Gasteiger partial charge is 0.481 e. The highest BCUT2D eigenvalue weighted by Crippen LogP contribution is 2.26. The van der Waals surface area contributed by atoms with Gasteiger partial charge in [0, 0.05) is 12.6 Å². The van der Waals surface area contributed by atoms with Crippen LogP contribution in [0.2, 0.25) is 0 Å². The van der Waals surface area contributed by atoms with Gasteiger partial charge in [-0.15, -0.1) is 0 Å². The average molecular weight is 278 g/mol. The smallest absolute Gasteiger partial charge is 0.403 e. The maximum absolute atomic E-state index is 12.4. The lowest BCUT2D eigenvalue weighted by atomic mass is 10.1. The van der Waals surface area contributed by atoms with Crippen molar-refractivity contribution in [1.82, 2.24) is 4.98 Å². The molecule has 0 fully saturated rings. The number of aliphatic carboxylic acids is 1. The van der Waals surface area contributed by atoms with Crippen molar-refractivity contribution in [3.05, 3.63) is 18.3 Å². The van der Waals surface area contributed by atoms with Crippen LogP contribution in [-0.2, 0) is 4.79 Å². The summed E-state index contributed by atoms with van der Waals surface area (Å²) in [6, 6.07) is 2.95. The monoisotopic (exact) mass is 278 g/mol. The molecule has 1 atom stereocenters. The summed E-state index contributed by atoms with van der Waals surface area (Å²) in [6.45, 7) is 1.44. The number of alkyl halides is 3. The molecule has 1 unspecified atom stereocenters. The molecule has 0 aliphatic carbocycles. The fourth-order valence-corrected chi connectivity index (χ4v) is 1.28. The Hall–Kier alpha value is -1.99. The van der Waals surface area contributed by atoms with E-state index in [1.165, 1.54) is 18.3 Å². The number of nitrogens with one attached hydrogen (secondary N) is 1. The second-order valence-electron chi connectivity index (χ2n) is 3.63. The molecule has 0 saturated heterocycles. The zero-order chi connectivity index (χ0) is 14.5. The fourth-order valence-electron chi connectivity index (χ4n) is 1.28. The summed E-state index contributed by atoms with van der Waals surface area (Å²) in [7, 11) is 0. The van der Waals surface area contributed by atoms with Crippen LogP contribution in [0.5, 0.6) is 5.88 Å². The number of anilines is 1. The maximum Gasteiger partial charge on any atom is 0.403 e. The molecular weight excluding hydrogens is 265 g/mol. The molecule has 0 amide bonds. The SMILES string of the molecule is CCOc1ccc(NCC(C(=O)O)C(F)(F)F)cn1. The van der Waals surface area contributed by atoms with Gasteiger partial charge in [-0.3, -0.25) is 4.79 Å². The van der Waals surface area contributed by atoms with Crippen molar-refractivity contribution >= 4 is 11.7 Å². The minimum Gasteiger partial charge on any atom is -0.481 e. The summed E-state index contributed by atoms with van der Waals surface area (Å²) < 4.78 is 42.2. The predicted octanol–water partition coefficient (Wildman–Crippen LogP) is 2.16.